The number of pyridine rings is 1. The molecule has 0 bridgehead atoms. The van der Waals surface area contributed by atoms with Gasteiger partial charge in [0.05, 0.1) is 15.9 Å². The molecule has 20 heavy (non-hydrogen) atoms. The van der Waals surface area contributed by atoms with E-state index in [1.54, 1.807) is 4.90 Å². The van der Waals surface area contributed by atoms with E-state index in [9.17, 15) is 14.9 Å². The second-order valence-corrected chi connectivity index (χ2v) is 5.26. The number of aliphatic carboxylic acids is 1. The van der Waals surface area contributed by atoms with Crippen LogP contribution in [0.2, 0.25) is 0 Å². The van der Waals surface area contributed by atoms with Gasteiger partial charge in [0, 0.05) is 32.4 Å². The number of rotatable bonds is 4. The summed E-state index contributed by atoms with van der Waals surface area (Å²) in [5.41, 5.74) is 0.450. The lowest BCUT2D eigenvalue weighted by molar-refractivity contribution is -0.384. The molecule has 0 atom stereocenters. The van der Waals surface area contributed by atoms with Crippen molar-refractivity contribution >= 4 is 33.3 Å². The number of anilines is 1. The van der Waals surface area contributed by atoms with Gasteiger partial charge in [0.15, 0.2) is 0 Å². The summed E-state index contributed by atoms with van der Waals surface area (Å²) in [5.74, 6) is -0.866. The van der Waals surface area contributed by atoms with Crippen molar-refractivity contribution in [1.29, 1.82) is 0 Å². The Hall–Kier alpha value is -1.74. The Kier molecular flexibility index (Phi) is 4.50. The molecule has 1 aliphatic rings. The Morgan fingerprint density at radius 1 is 1.40 bits per heavy atom. The predicted molar refractivity (Wildman–Crippen MR) is 74.9 cm³/mol. The van der Waals surface area contributed by atoms with Crippen molar-refractivity contribution in [2.45, 2.75) is 0 Å². The standard InChI is InChI=1S/C11H13BrN4O4/c12-8-5-13-6-9(16(19)20)11(8)15-3-1-14(2-4-15)7-10(17)18/h5-6H,1-4,7H2,(H,17,18). The van der Waals surface area contributed by atoms with Crippen molar-refractivity contribution in [3.8, 4) is 0 Å². The Morgan fingerprint density at radius 2 is 2.05 bits per heavy atom. The minimum absolute atomic E-state index is 0.00650. The van der Waals surface area contributed by atoms with Gasteiger partial charge < -0.3 is 10.0 Å². The third-order valence-electron chi connectivity index (χ3n) is 3.10. The second-order valence-electron chi connectivity index (χ2n) is 4.40. The van der Waals surface area contributed by atoms with Crippen molar-refractivity contribution in [1.82, 2.24) is 9.88 Å². The highest BCUT2D eigenvalue weighted by atomic mass is 79.9. The van der Waals surface area contributed by atoms with Crippen molar-refractivity contribution in [2.75, 3.05) is 37.6 Å². The molecule has 0 amide bonds. The highest BCUT2D eigenvalue weighted by Crippen LogP contribution is 2.35. The fraction of sp³-hybridized carbons (Fsp3) is 0.455. The molecular weight excluding hydrogens is 332 g/mol. The monoisotopic (exact) mass is 344 g/mol. The molecule has 1 N–H and O–H groups in total. The Bertz CT molecular complexity index is 531. The normalized spacial score (nSPS) is 16.1. The highest BCUT2D eigenvalue weighted by Gasteiger charge is 2.26. The summed E-state index contributed by atoms with van der Waals surface area (Å²) in [7, 11) is 0. The third kappa shape index (κ3) is 3.23. The quantitative estimate of drug-likeness (QED) is 0.641. The van der Waals surface area contributed by atoms with E-state index in [0.29, 0.717) is 36.3 Å². The molecule has 0 unspecified atom stereocenters. The predicted octanol–water partition coefficient (Wildman–Crippen LogP) is 0.959. The van der Waals surface area contributed by atoms with Gasteiger partial charge in [0.2, 0.25) is 0 Å². The first-order valence-corrected chi connectivity index (χ1v) is 6.75. The maximum absolute atomic E-state index is 11.1. The SMILES string of the molecule is O=C(O)CN1CCN(c2c(Br)cncc2[N+](=O)[O-])CC1. The number of hydrogen-bond donors (Lipinski definition) is 1. The van der Waals surface area contributed by atoms with Gasteiger partial charge in [-0.3, -0.25) is 24.8 Å². The molecule has 0 aliphatic carbocycles. The van der Waals surface area contributed by atoms with Gasteiger partial charge in [0.25, 0.3) is 0 Å². The van der Waals surface area contributed by atoms with Crippen molar-refractivity contribution in [3.05, 3.63) is 27.0 Å². The van der Waals surface area contributed by atoms with Crippen LogP contribution in [-0.4, -0.2) is 58.6 Å². The van der Waals surface area contributed by atoms with E-state index in [1.807, 2.05) is 4.90 Å². The number of hydrogen-bond acceptors (Lipinski definition) is 6. The van der Waals surface area contributed by atoms with Crippen LogP contribution < -0.4 is 4.90 Å². The molecule has 8 nitrogen and oxygen atoms in total. The van der Waals surface area contributed by atoms with E-state index in [4.69, 9.17) is 5.11 Å². The first-order valence-electron chi connectivity index (χ1n) is 5.96. The minimum Gasteiger partial charge on any atom is -0.480 e. The van der Waals surface area contributed by atoms with Crippen LogP contribution in [0.5, 0.6) is 0 Å². The summed E-state index contributed by atoms with van der Waals surface area (Å²) in [6, 6.07) is 0. The summed E-state index contributed by atoms with van der Waals surface area (Å²) in [6.07, 6.45) is 2.75. The van der Waals surface area contributed by atoms with Gasteiger partial charge in [0.1, 0.15) is 11.9 Å². The molecule has 2 heterocycles. The first-order chi connectivity index (χ1) is 9.49. The number of carboxylic acid groups (broad SMARTS) is 1. The van der Waals surface area contributed by atoms with Crippen LogP contribution >= 0.6 is 15.9 Å². The number of piperazine rings is 1. The summed E-state index contributed by atoms with van der Waals surface area (Å²) in [5, 5.41) is 19.8. The summed E-state index contributed by atoms with van der Waals surface area (Å²) < 4.78 is 0.568. The average molecular weight is 345 g/mol. The van der Waals surface area contributed by atoms with Gasteiger partial charge in [-0.25, -0.2) is 0 Å². The summed E-state index contributed by atoms with van der Waals surface area (Å²) in [6.45, 7) is 2.18. The van der Waals surface area contributed by atoms with Crippen molar-refractivity contribution in [2.24, 2.45) is 0 Å². The molecule has 108 valence electrons. The number of nitrogens with zero attached hydrogens (tertiary/aromatic N) is 4. The average Bonchev–Trinajstić information content (AvgIpc) is 2.39. The molecule has 0 saturated carbocycles. The summed E-state index contributed by atoms with van der Waals surface area (Å²) >= 11 is 3.29. The Balaban J connectivity index is 2.14. The van der Waals surface area contributed by atoms with Crippen LogP contribution in [0.1, 0.15) is 0 Å². The molecule has 2 rings (SSSR count). The van der Waals surface area contributed by atoms with Crippen LogP contribution in [-0.2, 0) is 4.79 Å². The highest BCUT2D eigenvalue weighted by molar-refractivity contribution is 9.10. The van der Waals surface area contributed by atoms with E-state index in [-0.39, 0.29) is 12.2 Å². The minimum atomic E-state index is -0.866. The smallest absolute Gasteiger partial charge is 0.317 e. The van der Waals surface area contributed by atoms with E-state index in [1.165, 1.54) is 12.4 Å². The van der Waals surface area contributed by atoms with Gasteiger partial charge in [-0.1, -0.05) is 0 Å². The largest absolute Gasteiger partial charge is 0.480 e. The fourth-order valence-electron chi connectivity index (χ4n) is 2.19. The molecule has 1 fully saturated rings. The van der Waals surface area contributed by atoms with E-state index in [2.05, 4.69) is 20.9 Å². The van der Waals surface area contributed by atoms with Crippen LogP contribution in [0.25, 0.3) is 0 Å². The zero-order valence-electron chi connectivity index (χ0n) is 10.5. The zero-order valence-corrected chi connectivity index (χ0v) is 12.1. The van der Waals surface area contributed by atoms with E-state index >= 15 is 0 Å². The van der Waals surface area contributed by atoms with Crippen molar-refractivity contribution in [3.63, 3.8) is 0 Å². The number of halogens is 1. The molecule has 0 radical (unpaired) electrons. The fourth-order valence-corrected chi connectivity index (χ4v) is 2.76. The van der Waals surface area contributed by atoms with Gasteiger partial charge in [-0.2, -0.15) is 0 Å². The maximum atomic E-state index is 11.1. The molecule has 0 aromatic carbocycles. The Morgan fingerprint density at radius 3 is 2.60 bits per heavy atom. The Labute approximate surface area is 123 Å². The summed E-state index contributed by atoms with van der Waals surface area (Å²) in [4.78, 5) is 28.7. The molecule has 0 spiro atoms. The first kappa shape index (κ1) is 14.7. The molecular formula is C11H13BrN4O4. The molecule has 1 aromatic heterocycles. The zero-order chi connectivity index (χ0) is 14.7. The van der Waals surface area contributed by atoms with Gasteiger partial charge in [-0.15, -0.1) is 0 Å². The molecule has 1 aliphatic heterocycles. The lowest BCUT2D eigenvalue weighted by Gasteiger charge is -2.35. The van der Waals surface area contributed by atoms with Crippen molar-refractivity contribution < 1.29 is 14.8 Å². The number of aromatic nitrogens is 1. The van der Waals surface area contributed by atoms with Crippen LogP contribution in [0.15, 0.2) is 16.9 Å². The second kappa shape index (κ2) is 6.14. The van der Waals surface area contributed by atoms with Crippen LogP contribution in [0.4, 0.5) is 11.4 Å². The molecule has 9 heteroatoms. The van der Waals surface area contributed by atoms with Gasteiger partial charge >= 0.3 is 11.7 Å². The number of carboxylic acids is 1. The van der Waals surface area contributed by atoms with Crippen LogP contribution in [0, 0.1) is 10.1 Å². The topological polar surface area (TPSA) is 99.8 Å². The van der Waals surface area contributed by atoms with Crippen LogP contribution in [0.3, 0.4) is 0 Å². The molecule has 1 aromatic rings. The number of carbonyl (C=O) groups is 1. The molecule has 1 saturated heterocycles. The lowest BCUT2D eigenvalue weighted by atomic mass is 10.2. The van der Waals surface area contributed by atoms with E-state index < -0.39 is 10.9 Å². The lowest BCUT2D eigenvalue weighted by Crippen LogP contribution is -2.48. The third-order valence-corrected chi connectivity index (χ3v) is 3.68. The van der Waals surface area contributed by atoms with E-state index in [0.717, 1.165) is 0 Å². The number of nitro groups is 1. The maximum Gasteiger partial charge on any atom is 0.317 e. The van der Waals surface area contributed by atoms with Gasteiger partial charge in [-0.05, 0) is 15.9 Å².